The van der Waals surface area contributed by atoms with Crippen LogP contribution in [0.4, 0.5) is 5.69 Å². The highest BCUT2D eigenvalue weighted by atomic mass is 16.5. The number of rotatable bonds is 3. The van der Waals surface area contributed by atoms with Crippen molar-refractivity contribution >= 4 is 17.6 Å². The largest absolute Gasteiger partial charge is 0.465 e. The molecule has 1 heterocycles. The fourth-order valence-electron chi connectivity index (χ4n) is 2.73. The van der Waals surface area contributed by atoms with Crippen LogP contribution in [-0.2, 0) is 19.9 Å². The molecular formula is C20H17NO4. The maximum absolute atomic E-state index is 12.8. The number of carbonyl (C=O) groups is 2. The van der Waals surface area contributed by atoms with Gasteiger partial charge in [0.1, 0.15) is 6.54 Å². The van der Waals surface area contributed by atoms with E-state index in [1.807, 2.05) is 18.2 Å². The number of hydrogen-bond donors (Lipinski definition) is 1. The molecule has 1 aliphatic heterocycles. The summed E-state index contributed by atoms with van der Waals surface area (Å²) in [5, 5.41) is 11.0. The summed E-state index contributed by atoms with van der Waals surface area (Å²) in [6.45, 7) is 1.65. The van der Waals surface area contributed by atoms with E-state index < -0.39 is 17.5 Å². The lowest BCUT2D eigenvalue weighted by atomic mass is 9.96. The van der Waals surface area contributed by atoms with Gasteiger partial charge in [-0.15, -0.1) is 0 Å². The molecule has 1 unspecified atom stereocenters. The summed E-state index contributed by atoms with van der Waals surface area (Å²) in [5.41, 5.74) is -0.470. The third-order valence-electron chi connectivity index (χ3n) is 3.89. The predicted molar refractivity (Wildman–Crippen MR) is 92.6 cm³/mol. The minimum Gasteiger partial charge on any atom is -0.465 e. The van der Waals surface area contributed by atoms with E-state index in [-0.39, 0.29) is 13.2 Å². The summed E-state index contributed by atoms with van der Waals surface area (Å²) >= 11 is 0. The second-order valence-corrected chi connectivity index (χ2v) is 5.54. The zero-order chi connectivity index (χ0) is 17.9. The first-order valence-corrected chi connectivity index (χ1v) is 7.94. The number of benzene rings is 2. The van der Waals surface area contributed by atoms with E-state index in [9.17, 15) is 14.7 Å². The van der Waals surface area contributed by atoms with Crippen LogP contribution < -0.4 is 4.90 Å². The highest BCUT2D eigenvalue weighted by Gasteiger charge is 2.49. The Bertz CT molecular complexity index is 866. The van der Waals surface area contributed by atoms with Gasteiger partial charge in [0, 0.05) is 11.1 Å². The Kier molecular flexibility index (Phi) is 4.55. The zero-order valence-corrected chi connectivity index (χ0v) is 13.7. The van der Waals surface area contributed by atoms with Gasteiger partial charge in [-0.3, -0.25) is 14.5 Å². The molecule has 0 fully saturated rings. The summed E-state index contributed by atoms with van der Waals surface area (Å²) < 4.78 is 4.91. The maximum Gasteiger partial charge on any atom is 0.326 e. The first-order valence-electron chi connectivity index (χ1n) is 7.94. The number of fused-ring (bicyclic) bond motifs is 1. The number of ether oxygens (including phenoxy) is 1. The number of esters is 1. The number of carbonyl (C=O) groups excluding carboxylic acids is 2. The second kappa shape index (κ2) is 6.80. The van der Waals surface area contributed by atoms with Crippen molar-refractivity contribution in [3.63, 3.8) is 0 Å². The summed E-state index contributed by atoms with van der Waals surface area (Å²) in [4.78, 5) is 25.8. The van der Waals surface area contributed by atoms with Crippen molar-refractivity contribution in [2.45, 2.75) is 12.5 Å². The molecule has 1 aliphatic rings. The van der Waals surface area contributed by atoms with Crippen molar-refractivity contribution in [3.05, 3.63) is 65.7 Å². The number of nitrogens with zero attached hydrogens (tertiary/aromatic N) is 1. The Morgan fingerprint density at radius 1 is 1.16 bits per heavy atom. The quantitative estimate of drug-likeness (QED) is 0.686. The number of para-hydroxylation sites is 1. The van der Waals surface area contributed by atoms with Crippen LogP contribution in [-0.4, -0.2) is 30.1 Å². The summed E-state index contributed by atoms with van der Waals surface area (Å²) in [6.07, 6.45) is 0. The molecule has 3 rings (SSSR count). The van der Waals surface area contributed by atoms with Gasteiger partial charge in [0.2, 0.25) is 5.60 Å². The Balaban J connectivity index is 1.99. The van der Waals surface area contributed by atoms with E-state index in [2.05, 4.69) is 11.8 Å². The third kappa shape index (κ3) is 3.12. The molecule has 0 saturated carbocycles. The molecule has 2 aromatic rings. The molecule has 1 amide bonds. The lowest BCUT2D eigenvalue weighted by Crippen LogP contribution is -2.42. The van der Waals surface area contributed by atoms with Crippen molar-refractivity contribution in [1.29, 1.82) is 0 Å². The number of anilines is 1. The SMILES string of the molecule is CCOC(=O)CN1C(=O)C(O)(C#Cc2ccccc2)c2ccccc21. The van der Waals surface area contributed by atoms with Gasteiger partial charge in [0.05, 0.1) is 12.3 Å². The molecule has 25 heavy (non-hydrogen) atoms. The Hall–Kier alpha value is -3.10. The Morgan fingerprint density at radius 3 is 2.56 bits per heavy atom. The maximum atomic E-state index is 12.8. The molecule has 0 aromatic heterocycles. The van der Waals surface area contributed by atoms with Gasteiger partial charge < -0.3 is 9.84 Å². The summed E-state index contributed by atoms with van der Waals surface area (Å²) in [5.74, 6) is 4.33. The number of amides is 1. The van der Waals surface area contributed by atoms with Crippen molar-refractivity contribution < 1.29 is 19.4 Å². The Labute approximate surface area is 145 Å². The topological polar surface area (TPSA) is 66.8 Å². The molecule has 0 saturated heterocycles. The Morgan fingerprint density at radius 2 is 1.84 bits per heavy atom. The predicted octanol–water partition coefficient (Wildman–Crippen LogP) is 1.84. The van der Waals surface area contributed by atoms with E-state index in [1.165, 1.54) is 4.90 Å². The van der Waals surface area contributed by atoms with Gasteiger partial charge in [0.25, 0.3) is 5.91 Å². The van der Waals surface area contributed by atoms with Gasteiger partial charge >= 0.3 is 5.97 Å². The van der Waals surface area contributed by atoms with Gasteiger partial charge in [0.15, 0.2) is 0 Å². The van der Waals surface area contributed by atoms with Crippen LogP contribution in [0.5, 0.6) is 0 Å². The lowest BCUT2D eigenvalue weighted by molar-refractivity contribution is -0.143. The molecule has 0 bridgehead atoms. The van der Waals surface area contributed by atoms with E-state index in [4.69, 9.17) is 4.74 Å². The second-order valence-electron chi connectivity index (χ2n) is 5.54. The van der Waals surface area contributed by atoms with Gasteiger partial charge in [-0.25, -0.2) is 0 Å². The lowest BCUT2D eigenvalue weighted by Gasteiger charge is -2.18. The van der Waals surface area contributed by atoms with Crippen LogP contribution in [0.1, 0.15) is 18.1 Å². The van der Waals surface area contributed by atoms with Crippen molar-refractivity contribution in [3.8, 4) is 11.8 Å². The molecular weight excluding hydrogens is 318 g/mol. The minimum atomic E-state index is -1.99. The van der Waals surface area contributed by atoms with E-state index in [0.29, 0.717) is 16.8 Å². The molecule has 126 valence electrons. The molecule has 1 N–H and O–H groups in total. The molecule has 2 aromatic carbocycles. The van der Waals surface area contributed by atoms with Gasteiger partial charge in [-0.1, -0.05) is 42.3 Å². The molecule has 0 spiro atoms. The number of aliphatic hydroxyl groups is 1. The van der Waals surface area contributed by atoms with E-state index >= 15 is 0 Å². The molecule has 0 aliphatic carbocycles. The molecule has 0 radical (unpaired) electrons. The molecule has 5 heteroatoms. The van der Waals surface area contributed by atoms with Crippen molar-refractivity contribution in [2.75, 3.05) is 18.1 Å². The van der Waals surface area contributed by atoms with Gasteiger partial charge in [-0.2, -0.15) is 0 Å². The average Bonchev–Trinajstić information content (AvgIpc) is 2.84. The summed E-state index contributed by atoms with van der Waals surface area (Å²) in [6, 6.07) is 15.9. The highest BCUT2D eigenvalue weighted by Crippen LogP contribution is 2.39. The first-order chi connectivity index (χ1) is 12.1. The average molecular weight is 335 g/mol. The van der Waals surface area contributed by atoms with Crippen molar-refractivity contribution in [2.24, 2.45) is 0 Å². The van der Waals surface area contributed by atoms with Gasteiger partial charge in [-0.05, 0) is 31.0 Å². The minimum absolute atomic E-state index is 0.223. The van der Waals surface area contributed by atoms with Crippen LogP contribution in [0.15, 0.2) is 54.6 Å². The van der Waals surface area contributed by atoms with Crippen molar-refractivity contribution in [1.82, 2.24) is 0 Å². The van der Waals surface area contributed by atoms with Crippen LogP contribution >= 0.6 is 0 Å². The van der Waals surface area contributed by atoms with Crippen LogP contribution in [0.25, 0.3) is 0 Å². The standard InChI is InChI=1S/C20H17NO4/c1-2-25-18(22)14-21-17-11-7-6-10-16(17)20(24,19(21)23)13-12-15-8-4-3-5-9-15/h3-11,24H,2,14H2,1H3. The zero-order valence-electron chi connectivity index (χ0n) is 13.7. The fraction of sp³-hybridized carbons (Fsp3) is 0.200. The number of hydrogen-bond acceptors (Lipinski definition) is 4. The van der Waals surface area contributed by atoms with E-state index in [0.717, 1.165) is 0 Å². The molecule has 1 atom stereocenters. The van der Waals surface area contributed by atoms with Crippen LogP contribution in [0.3, 0.4) is 0 Å². The molecule has 5 nitrogen and oxygen atoms in total. The van der Waals surface area contributed by atoms with Crippen LogP contribution in [0.2, 0.25) is 0 Å². The highest BCUT2D eigenvalue weighted by molar-refractivity contribution is 6.11. The third-order valence-corrected chi connectivity index (χ3v) is 3.89. The normalized spacial score (nSPS) is 18.3. The monoisotopic (exact) mass is 335 g/mol. The van der Waals surface area contributed by atoms with Crippen LogP contribution in [0, 0.1) is 11.8 Å². The van der Waals surface area contributed by atoms with E-state index in [1.54, 1.807) is 43.3 Å². The fourth-order valence-corrected chi connectivity index (χ4v) is 2.73. The first kappa shape index (κ1) is 16.7. The smallest absolute Gasteiger partial charge is 0.326 e. The summed E-state index contributed by atoms with van der Waals surface area (Å²) in [7, 11) is 0.